The number of thiophene rings is 1. The minimum absolute atomic E-state index is 0.00405. The van der Waals surface area contributed by atoms with Crippen molar-refractivity contribution in [3.63, 3.8) is 0 Å². The van der Waals surface area contributed by atoms with Gasteiger partial charge in [-0.05, 0) is 98.3 Å². The van der Waals surface area contributed by atoms with Crippen molar-refractivity contribution >= 4 is 23.2 Å². The van der Waals surface area contributed by atoms with Crippen LogP contribution in [0.2, 0.25) is 0 Å². The summed E-state index contributed by atoms with van der Waals surface area (Å²) >= 11 is 1.65. The number of hydrogen-bond acceptors (Lipinski definition) is 6. The highest BCUT2D eigenvalue weighted by Crippen LogP contribution is 2.60. The Balaban J connectivity index is 1.31. The predicted octanol–water partition coefficient (Wildman–Crippen LogP) is 5.42. The van der Waals surface area contributed by atoms with E-state index in [0.29, 0.717) is 61.9 Å². The molecule has 1 aromatic carbocycles. The third-order valence-electron chi connectivity index (χ3n) is 9.28. The Bertz CT molecular complexity index is 1110. The monoisotopic (exact) mass is 568 g/mol. The molecule has 8 heteroatoms. The van der Waals surface area contributed by atoms with Gasteiger partial charge in [-0.15, -0.1) is 11.3 Å². The predicted molar refractivity (Wildman–Crippen MR) is 157 cm³/mol. The lowest BCUT2D eigenvalue weighted by Gasteiger charge is -2.56. The molecule has 4 bridgehead atoms. The molecular weight excluding hydrogens is 524 g/mol. The van der Waals surface area contributed by atoms with E-state index in [2.05, 4.69) is 6.07 Å². The molecule has 218 valence electrons. The SMILES string of the molecule is COCCCN(CC(=O)N(CCc1ccc(OC)c(OC)c1)Cc1cccs1)C(=O)C12CC3CC(CC(C3)C1)C2. The first-order chi connectivity index (χ1) is 19.4. The van der Waals surface area contributed by atoms with Gasteiger partial charge in [-0.3, -0.25) is 9.59 Å². The van der Waals surface area contributed by atoms with E-state index in [9.17, 15) is 9.59 Å². The average Bonchev–Trinajstić information content (AvgIpc) is 3.46. The second-order valence-electron chi connectivity index (χ2n) is 12.1. The molecule has 4 fully saturated rings. The van der Waals surface area contributed by atoms with E-state index in [1.807, 2.05) is 39.4 Å². The summed E-state index contributed by atoms with van der Waals surface area (Å²) in [6, 6.07) is 9.98. The van der Waals surface area contributed by atoms with E-state index in [0.717, 1.165) is 36.1 Å². The summed E-state index contributed by atoms with van der Waals surface area (Å²) < 4.78 is 16.2. The van der Waals surface area contributed by atoms with E-state index >= 15 is 0 Å². The van der Waals surface area contributed by atoms with Crippen LogP contribution in [0.5, 0.6) is 11.5 Å². The maximum absolute atomic E-state index is 14.3. The molecule has 4 aliphatic carbocycles. The number of nitrogens with zero attached hydrogens (tertiary/aromatic N) is 2. The third kappa shape index (κ3) is 6.49. The molecule has 4 aliphatic rings. The number of carbonyl (C=O) groups is 2. The van der Waals surface area contributed by atoms with Crippen LogP contribution in [0.1, 0.15) is 55.4 Å². The molecule has 2 amide bonds. The van der Waals surface area contributed by atoms with Gasteiger partial charge in [0.15, 0.2) is 11.5 Å². The summed E-state index contributed by atoms with van der Waals surface area (Å²) in [5.74, 6) is 3.64. The van der Waals surface area contributed by atoms with Gasteiger partial charge >= 0.3 is 0 Å². The molecule has 1 aromatic heterocycles. The van der Waals surface area contributed by atoms with E-state index in [4.69, 9.17) is 14.2 Å². The van der Waals surface area contributed by atoms with Gasteiger partial charge < -0.3 is 24.0 Å². The van der Waals surface area contributed by atoms with Crippen molar-refractivity contribution in [3.05, 3.63) is 46.2 Å². The lowest BCUT2D eigenvalue weighted by Crippen LogP contribution is -2.56. The molecule has 0 unspecified atom stereocenters. The first-order valence-electron chi connectivity index (χ1n) is 14.7. The number of hydrogen-bond donors (Lipinski definition) is 0. The lowest BCUT2D eigenvalue weighted by atomic mass is 9.49. The van der Waals surface area contributed by atoms with Crippen molar-refractivity contribution in [2.24, 2.45) is 23.2 Å². The Hall–Kier alpha value is -2.58. The zero-order valence-corrected chi connectivity index (χ0v) is 25.0. The fourth-order valence-corrected chi connectivity index (χ4v) is 8.53. The van der Waals surface area contributed by atoms with Crippen LogP contribution in [0, 0.1) is 23.2 Å². The van der Waals surface area contributed by atoms with Gasteiger partial charge in [-0.1, -0.05) is 12.1 Å². The topological polar surface area (TPSA) is 68.3 Å². The molecule has 7 nitrogen and oxygen atoms in total. The molecule has 6 rings (SSSR count). The van der Waals surface area contributed by atoms with Crippen LogP contribution >= 0.6 is 11.3 Å². The Morgan fingerprint density at radius 1 is 0.925 bits per heavy atom. The van der Waals surface area contributed by atoms with Crippen LogP contribution in [0.4, 0.5) is 0 Å². The molecule has 1 heterocycles. The third-order valence-corrected chi connectivity index (χ3v) is 10.1. The number of rotatable bonds is 14. The zero-order chi connectivity index (χ0) is 28.1. The van der Waals surface area contributed by atoms with E-state index < -0.39 is 0 Å². The van der Waals surface area contributed by atoms with Gasteiger partial charge in [0.1, 0.15) is 0 Å². The van der Waals surface area contributed by atoms with Crippen LogP contribution in [-0.4, -0.2) is 69.2 Å². The van der Waals surface area contributed by atoms with E-state index in [-0.39, 0.29) is 23.8 Å². The maximum Gasteiger partial charge on any atom is 0.242 e. The quantitative estimate of drug-likeness (QED) is 0.285. The van der Waals surface area contributed by atoms with E-state index in [1.54, 1.807) is 32.7 Å². The number of benzene rings is 1. The van der Waals surface area contributed by atoms with Crippen molar-refractivity contribution in [3.8, 4) is 11.5 Å². The fourth-order valence-electron chi connectivity index (χ4n) is 7.81. The molecule has 40 heavy (non-hydrogen) atoms. The van der Waals surface area contributed by atoms with Crippen LogP contribution in [0.25, 0.3) is 0 Å². The second kappa shape index (κ2) is 12.9. The largest absolute Gasteiger partial charge is 0.493 e. The highest BCUT2D eigenvalue weighted by atomic mass is 32.1. The minimum Gasteiger partial charge on any atom is -0.493 e. The number of ether oxygens (including phenoxy) is 3. The maximum atomic E-state index is 14.3. The van der Waals surface area contributed by atoms with Gasteiger partial charge in [0.05, 0.1) is 32.7 Å². The van der Waals surface area contributed by atoms with Crippen LogP contribution in [0.15, 0.2) is 35.7 Å². The molecule has 0 radical (unpaired) electrons. The lowest BCUT2D eigenvalue weighted by molar-refractivity contribution is -0.160. The summed E-state index contributed by atoms with van der Waals surface area (Å²) in [7, 11) is 4.95. The molecule has 0 atom stereocenters. The van der Waals surface area contributed by atoms with Crippen molar-refractivity contribution in [1.82, 2.24) is 9.80 Å². The zero-order valence-electron chi connectivity index (χ0n) is 24.2. The average molecular weight is 569 g/mol. The number of methoxy groups -OCH3 is 3. The van der Waals surface area contributed by atoms with Gasteiger partial charge in [0.25, 0.3) is 0 Å². The molecule has 0 aliphatic heterocycles. The highest BCUT2D eigenvalue weighted by Gasteiger charge is 2.55. The molecule has 4 saturated carbocycles. The minimum atomic E-state index is -0.264. The number of carbonyl (C=O) groups excluding carboxylic acids is 2. The van der Waals surface area contributed by atoms with E-state index in [1.165, 1.54) is 19.3 Å². The Labute approximate surface area is 242 Å². The Morgan fingerprint density at radius 3 is 2.23 bits per heavy atom. The summed E-state index contributed by atoms with van der Waals surface area (Å²) in [5.41, 5.74) is 0.809. The van der Waals surface area contributed by atoms with Gasteiger partial charge in [0.2, 0.25) is 11.8 Å². The first kappa shape index (κ1) is 28.9. The van der Waals surface area contributed by atoms with Crippen molar-refractivity contribution in [2.45, 2.75) is 57.9 Å². The Kier molecular flexibility index (Phi) is 9.36. The molecule has 0 N–H and O–H groups in total. The summed E-state index contributed by atoms with van der Waals surface area (Å²) in [5, 5.41) is 2.04. The molecule has 0 saturated heterocycles. The molecular formula is C32H44N2O5S. The fraction of sp³-hybridized carbons (Fsp3) is 0.625. The van der Waals surface area contributed by atoms with Crippen molar-refractivity contribution in [2.75, 3.05) is 47.6 Å². The molecule has 0 spiro atoms. The van der Waals surface area contributed by atoms with Gasteiger partial charge in [0, 0.05) is 31.7 Å². The van der Waals surface area contributed by atoms with Crippen molar-refractivity contribution in [1.29, 1.82) is 0 Å². The smallest absolute Gasteiger partial charge is 0.242 e. The number of amides is 2. The van der Waals surface area contributed by atoms with Gasteiger partial charge in [-0.2, -0.15) is 0 Å². The normalized spacial score (nSPS) is 24.6. The summed E-state index contributed by atoms with van der Waals surface area (Å²) in [4.78, 5) is 33.2. The van der Waals surface area contributed by atoms with Crippen LogP contribution in [0.3, 0.4) is 0 Å². The highest BCUT2D eigenvalue weighted by molar-refractivity contribution is 7.09. The standard InChI is InChI=1S/C32H44N2O5S/c1-37-12-5-10-34(31(36)32-18-24-14-25(19-32)16-26(15-24)20-32)22-30(35)33(21-27-6-4-13-40-27)11-9-23-7-8-28(38-2)29(17-23)39-3/h4,6-8,13,17,24-26H,5,9-12,14-16,18-22H2,1-3H3. The van der Waals surface area contributed by atoms with Crippen molar-refractivity contribution < 1.29 is 23.8 Å². The molecule has 2 aromatic rings. The van der Waals surface area contributed by atoms with Gasteiger partial charge in [-0.25, -0.2) is 0 Å². The second-order valence-corrected chi connectivity index (χ2v) is 13.1. The Morgan fingerprint density at radius 2 is 1.62 bits per heavy atom. The first-order valence-corrected chi connectivity index (χ1v) is 15.6. The summed E-state index contributed by atoms with van der Waals surface area (Å²) in [6.07, 6.45) is 8.31. The van der Waals surface area contributed by atoms with Crippen LogP contribution in [-0.2, 0) is 27.3 Å². The van der Waals surface area contributed by atoms with Crippen LogP contribution < -0.4 is 9.47 Å². The summed E-state index contributed by atoms with van der Waals surface area (Å²) in [6.45, 7) is 2.37.